The molecular formula is C15H11BrF3NO3. The van der Waals surface area contributed by atoms with E-state index in [0.717, 1.165) is 0 Å². The van der Waals surface area contributed by atoms with E-state index in [1.807, 2.05) is 0 Å². The van der Waals surface area contributed by atoms with Crippen molar-refractivity contribution in [3.63, 3.8) is 0 Å². The third-order valence-electron chi connectivity index (χ3n) is 3.79. The van der Waals surface area contributed by atoms with Gasteiger partial charge in [0.25, 0.3) is 0 Å². The zero-order chi connectivity index (χ0) is 16.9. The molecule has 23 heavy (non-hydrogen) atoms. The highest BCUT2D eigenvalue weighted by Crippen LogP contribution is 2.39. The summed E-state index contributed by atoms with van der Waals surface area (Å²) in [5.74, 6) is -5.48. The van der Waals surface area contributed by atoms with Crippen LogP contribution in [0, 0.1) is 24.4 Å². The van der Waals surface area contributed by atoms with E-state index < -0.39 is 41.0 Å². The first-order chi connectivity index (χ1) is 10.8. The molecule has 122 valence electrons. The second-order valence-corrected chi connectivity index (χ2v) is 5.97. The summed E-state index contributed by atoms with van der Waals surface area (Å²) in [6, 6.07) is 0. The van der Waals surface area contributed by atoms with Gasteiger partial charge in [-0.15, -0.1) is 0 Å². The Morgan fingerprint density at radius 1 is 1.26 bits per heavy atom. The van der Waals surface area contributed by atoms with E-state index in [0.29, 0.717) is 6.42 Å². The maximum atomic E-state index is 14.2. The number of Topliss-reactive ketones (excluding diaryl/α,β-unsaturated/α-hetero) is 1. The topological polar surface area (TPSA) is 61.6 Å². The van der Waals surface area contributed by atoms with Crippen LogP contribution in [0.4, 0.5) is 13.2 Å². The van der Waals surface area contributed by atoms with Gasteiger partial charge in [0.05, 0.1) is 11.8 Å². The van der Waals surface area contributed by atoms with E-state index in [2.05, 4.69) is 15.9 Å². The van der Waals surface area contributed by atoms with Gasteiger partial charge in [-0.25, -0.2) is 13.2 Å². The van der Waals surface area contributed by atoms with Gasteiger partial charge in [0, 0.05) is 22.0 Å². The van der Waals surface area contributed by atoms with E-state index >= 15 is 0 Å². The Balaban J connectivity index is 2.09. The summed E-state index contributed by atoms with van der Waals surface area (Å²) in [6.45, 7) is 1.25. The van der Waals surface area contributed by atoms with E-state index in [1.165, 1.54) is 13.2 Å². The van der Waals surface area contributed by atoms with Crippen molar-refractivity contribution in [3.8, 4) is 0 Å². The number of rotatable bonds is 2. The monoisotopic (exact) mass is 389 g/mol. The molecular weight excluding hydrogens is 379 g/mol. The van der Waals surface area contributed by atoms with Crippen molar-refractivity contribution in [2.45, 2.75) is 25.6 Å². The van der Waals surface area contributed by atoms with Crippen LogP contribution in [-0.2, 0) is 14.3 Å². The predicted octanol–water partition coefficient (Wildman–Crippen LogP) is 3.07. The molecule has 0 radical (unpaired) electrons. The number of carbonyl (C=O) groups is 1. The minimum Gasteiger partial charge on any atom is -0.494 e. The molecule has 0 bridgehead atoms. The van der Waals surface area contributed by atoms with Gasteiger partial charge in [-0.3, -0.25) is 4.79 Å². The Morgan fingerprint density at radius 3 is 2.57 bits per heavy atom. The third-order valence-corrected chi connectivity index (χ3v) is 4.78. The summed E-state index contributed by atoms with van der Waals surface area (Å²) in [7, 11) is 0. The zero-order valence-electron chi connectivity index (χ0n) is 11.8. The normalized spacial score (nSPS) is 23.4. The molecule has 3 rings (SSSR count). The third kappa shape index (κ3) is 2.32. The SMILES string of the molecule is Cc1c(F)c(F)c(F)c(C2=C(N)OC(C3CC=CO3)C2=O)c1Br. The molecule has 2 unspecified atom stereocenters. The minimum absolute atomic E-state index is 0.0880. The highest BCUT2D eigenvalue weighted by Gasteiger charge is 2.44. The van der Waals surface area contributed by atoms with Crippen molar-refractivity contribution in [2.24, 2.45) is 5.73 Å². The molecule has 1 aromatic carbocycles. The van der Waals surface area contributed by atoms with Crippen molar-refractivity contribution < 1.29 is 27.4 Å². The van der Waals surface area contributed by atoms with E-state index in [4.69, 9.17) is 15.2 Å². The molecule has 0 saturated heterocycles. The summed E-state index contributed by atoms with van der Waals surface area (Å²) < 4.78 is 52.0. The molecule has 2 aliphatic rings. The molecule has 0 amide bonds. The quantitative estimate of drug-likeness (QED) is 0.623. The average molecular weight is 390 g/mol. The lowest BCUT2D eigenvalue weighted by molar-refractivity contribution is -0.125. The summed E-state index contributed by atoms with van der Waals surface area (Å²) in [5.41, 5.74) is 4.75. The first-order valence-corrected chi connectivity index (χ1v) is 7.47. The van der Waals surface area contributed by atoms with Gasteiger partial charge in [0.2, 0.25) is 5.78 Å². The number of hydrogen-bond donors (Lipinski definition) is 1. The highest BCUT2D eigenvalue weighted by atomic mass is 79.9. The van der Waals surface area contributed by atoms with Crippen molar-refractivity contribution >= 4 is 27.3 Å². The van der Waals surface area contributed by atoms with E-state index in [1.54, 1.807) is 6.08 Å². The number of nitrogens with two attached hydrogens (primary N) is 1. The lowest BCUT2D eigenvalue weighted by atomic mass is 9.95. The van der Waals surface area contributed by atoms with Gasteiger partial charge in [0.1, 0.15) is 6.10 Å². The number of ketones is 1. The number of hydrogen-bond acceptors (Lipinski definition) is 4. The Labute approximate surface area is 137 Å². The van der Waals surface area contributed by atoms with Crippen LogP contribution in [0.15, 0.2) is 22.7 Å². The van der Waals surface area contributed by atoms with Gasteiger partial charge < -0.3 is 15.2 Å². The van der Waals surface area contributed by atoms with Crippen molar-refractivity contribution in [1.29, 1.82) is 0 Å². The Morgan fingerprint density at radius 2 is 1.96 bits per heavy atom. The van der Waals surface area contributed by atoms with Gasteiger partial charge in [-0.2, -0.15) is 0 Å². The lowest BCUT2D eigenvalue weighted by Crippen LogP contribution is -2.32. The standard InChI is InChI=1S/C15H11BrF3NO3/c1-5-9(16)7(11(18)12(19)10(5)17)8-13(21)14(23-15(8)20)6-3-2-4-22-6/h2,4,6,14H,3,20H2,1H3. The molecule has 0 saturated carbocycles. The first kappa shape index (κ1) is 15.9. The molecule has 1 aromatic rings. The maximum Gasteiger partial charge on any atom is 0.213 e. The molecule has 0 spiro atoms. The average Bonchev–Trinajstić information content (AvgIpc) is 3.14. The number of carbonyl (C=O) groups excluding carboxylic acids is 1. The van der Waals surface area contributed by atoms with Gasteiger partial charge in [-0.05, 0) is 28.9 Å². The first-order valence-electron chi connectivity index (χ1n) is 6.68. The molecule has 2 atom stereocenters. The van der Waals surface area contributed by atoms with E-state index in [9.17, 15) is 18.0 Å². The fourth-order valence-corrected chi connectivity index (χ4v) is 3.12. The van der Waals surface area contributed by atoms with E-state index in [-0.39, 0.29) is 21.5 Å². The predicted molar refractivity (Wildman–Crippen MR) is 78.4 cm³/mol. The summed E-state index contributed by atoms with van der Waals surface area (Å²) in [5, 5.41) is 0. The van der Waals surface area contributed by atoms with Crippen molar-refractivity contribution in [3.05, 3.63) is 51.3 Å². The fraction of sp³-hybridized carbons (Fsp3) is 0.267. The Hall–Kier alpha value is -1.96. The van der Waals surface area contributed by atoms with Crippen LogP contribution in [0.2, 0.25) is 0 Å². The van der Waals surface area contributed by atoms with Crippen LogP contribution in [0.1, 0.15) is 17.5 Å². The van der Waals surface area contributed by atoms with Gasteiger partial charge in [0.15, 0.2) is 29.4 Å². The smallest absolute Gasteiger partial charge is 0.213 e. The molecule has 0 aliphatic carbocycles. The molecule has 8 heteroatoms. The fourth-order valence-electron chi connectivity index (χ4n) is 2.57. The van der Waals surface area contributed by atoms with Crippen LogP contribution in [0.25, 0.3) is 5.57 Å². The molecule has 4 nitrogen and oxygen atoms in total. The molecule has 2 heterocycles. The second kappa shape index (κ2) is 5.59. The number of ether oxygens (including phenoxy) is 2. The van der Waals surface area contributed by atoms with Crippen LogP contribution in [0.3, 0.4) is 0 Å². The Bertz CT molecular complexity index is 739. The largest absolute Gasteiger partial charge is 0.494 e. The minimum atomic E-state index is -1.67. The Kier molecular flexibility index (Phi) is 3.87. The molecule has 2 aliphatic heterocycles. The second-order valence-electron chi connectivity index (χ2n) is 5.18. The summed E-state index contributed by atoms with van der Waals surface area (Å²) in [6.07, 6.45) is 1.91. The van der Waals surface area contributed by atoms with Crippen LogP contribution in [-0.4, -0.2) is 18.0 Å². The van der Waals surface area contributed by atoms with Gasteiger partial charge in [-0.1, -0.05) is 0 Å². The molecule has 0 aromatic heterocycles. The molecule has 0 fully saturated rings. The zero-order valence-corrected chi connectivity index (χ0v) is 13.4. The summed E-state index contributed by atoms with van der Waals surface area (Å²) in [4.78, 5) is 12.5. The van der Waals surface area contributed by atoms with Crippen LogP contribution < -0.4 is 5.73 Å². The summed E-state index contributed by atoms with van der Waals surface area (Å²) >= 11 is 3.00. The highest BCUT2D eigenvalue weighted by molar-refractivity contribution is 9.10. The van der Waals surface area contributed by atoms with Crippen LogP contribution in [0.5, 0.6) is 0 Å². The number of halogens is 4. The molecule has 2 N–H and O–H groups in total. The van der Waals surface area contributed by atoms with Gasteiger partial charge >= 0.3 is 0 Å². The van der Waals surface area contributed by atoms with Crippen molar-refractivity contribution in [1.82, 2.24) is 0 Å². The maximum absolute atomic E-state index is 14.2. The number of benzene rings is 1. The van der Waals surface area contributed by atoms with Crippen LogP contribution >= 0.6 is 15.9 Å². The lowest BCUT2D eigenvalue weighted by Gasteiger charge is -2.17. The van der Waals surface area contributed by atoms with Crippen molar-refractivity contribution in [2.75, 3.05) is 0 Å².